The zero-order valence-corrected chi connectivity index (χ0v) is 22.0. The van der Waals surface area contributed by atoms with Crippen molar-refractivity contribution in [3.8, 4) is 0 Å². The summed E-state index contributed by atoms with van der Waals surface area (Å²) in [7, 11) is -5.10. The Morgan fingerprint density at radius 1 is 1.27 bits per heavy atom. The first kappa shape index (κ1) is 23.5. The molecule has 30 heavy (non-hydrogen) atoms. The van der Waals surface area contributed by atoms with Crippen LogP contribution >= 0.6 is 15.9 Å². The van der Waals surface area contributed by atoms with E-state index in [1.54, 1.807) is 4.90 Å². The Balaban J connectivity index is 1.90. The molecule has 0 unspecified atom stereocenters. The molecule has 2 aliphatic rings. The van der Waals surface area contributed by atoms with Crippen molar-refractivity contribution in [3.05, 3.63) is 33.8 Å². The van der Waals surface area contributed by atoms with Crippen LogP contribution in [-0.2, 0) is 21.2 Å². The van der Waals surface area contributed by atoms with Gasteiger partial charge in [-0.15, -0.1) is 0 Å². The molecule has 1 aromatic rings. The number of hydrogen-bond acceptors (Lipinski definition) is 4. The van der Waals surface area contributed by atoms with Gasteiger partial charge in [0, 0.05) is 31.2 Å². The summed E-state index contributed by atoms with van der Waals surface area (Å²) in [6.07, 6.45) is 0.309. The Kier molecular flexibility index (Phi) is 6.06. The second-order valence-electron chi connectivity index (χ2n) is 10.6. The van der Waals surface area contributed by atoms with E-state index in [-0.39, 0.29) is 11.8 Å². The van der Waals surface area contributed by atoms with Crippen molar-refractivity contribution in [3.63, 3.8) is 0 Å². The lowest BCUT2D eigenvalue weighted by Gasteiger charge is -2.48. The third-order valence-corrected chi connectivity index (χ3v) is 9.12. The van der Waals surface area contributed by atoms with Crippen molar-refractivity contribution >= 4 is 45.8 Å². The number of halogens is 1. The molecule has 0 N–H and O–H groups in total. The van der Waals surface area contributed by atoms with Gasteiger partial charge in [-0.1, -0.05) is 41.6 Å². The highest BCUT2D eigenvalue weighted by Gasteiger charge is 2.54. The van der Waals surface area contributed by atoms with Gasteiger partial charge in [-0.3, -0.25) is 0 Å². The first-order valence-corrected chi connectivity index (χ1v) is 16.3. The number of sulfonamides is 1. The fourth-order valence-corrected chi connectivity index (χ4v) is 8.33. The minimum atomic E-state index is -3.59. The second-order valence-corrected chi connectivity index (χ2v) is 18.9. The van der Waals surface area contributed by atoms with E-state index in [4.69, 9.17) is 4.74 Å². The Morgan fingerprint density at radius 3 is 2.47 bits per heavy atom. The van der Waals surface area contributed by atoms with Gasteiger partial charge in [0.05, 0.1) is 16.9 Å². The monoisotopic (exact) mass is 514 g/mol. The quantitative estimate of drug-likeness (QED) is 0.545. The number of benzene rings is 1. The lowest BCUT2D eigenvalue weighted by molar-refractivity contribution is -0.0117. The van der Waals surface area contributed by atoms with Crippen LogP contribution in [0.25, 0.3) is 0 Å². The largest absolute Gasteiger partial charge is 0.444 e. The molecule has 1 aromatic carbocycles. The predicted molar refractivity (Wildman–Crippen MR) is 127 cm³/mol. The van der Waals surface area contributed by atoms with Crippen molar-refractivity contribution < 1.29 is 17.9 Å². The van der Waals surface area contributed by atoms with Crippen molar-refractivity contribution in [1.82, 2.24) is 4.90 Å². The SMILES string of the molecule is CC(C)(C)OC(=O)N1CC2(Cc3ccc(Br)cc3/C2=N/S(=O)(=O)CC[Si](C)(C)C)C1. The van der Waals surface area contributed by atoms with Crippen molar-refractivity contribution in [1.29, 1.82) is 0 Å². The molecule has 0 bridgehead atoms. The van der Waals surface area contributed by atoms with E-state index in [0.29, 0.717) is 31.3 Å². The summed E-state index contributed by atoms with van der Waals surface area (Å²) in [5.41, 5.74) is 1.49. The molecule has 9 heteroatoms. The van der Waals surface area contributed by atoms with E-state index in [1.807, 2.05) is 39.0 Å². The zero-order valence-electron chi connectivity index (χ0n) is 18.6. The van der Waals surface area contributed by atoms with Crippen LogP contribution in [0, 0.1) is 5.41 Å². The summed E-state index contributed by atoms with van der Waals surface area (Å²) >= 11 is 3.49. The Hall–Kier alpha value is -1.19. The maximum absolute atomic E-state index is 12.9. The molecule has 0 radical (unpaired) electrons. The first-order chi connectivity index (χ1) is 13.6. The van der Waals surface area contributed by atoms with E-state index in [1.165, 1.54) is 0 Å². The van der Waals surface area contributed by atoms with Gasteiger partial charge < -0.3 is 9.64 Å². The standard InChI is InChI=1S/C21H31BrN2O4SSi/c1-20(2,3)28-19(25)24-13-21(14-24)12-15-7-8-16(22)11-17(15)18(21)23-29(26,27)9-10-30(4,5)6/h7-8,11H,9-10,12-14H2,1-6H3/b23-18-. The van der Waals surface area contributed by atoms with Gasteiger partial charge in [-0.25, -0.2) is 13.2 Å². The third kappa shape index (κ3) is 5.34. The molecule has 1 aliphatic heterocycles. The van der Waals surface area contributed by atoms with Crippen LogP contribution in [0.3, 0.4) is 0 Å². The smallest absolute Gasteiger partial charge is 0.410 e. The fraction of sp³-hybridized carbons (Fsp3) is 0.619. The van der Waals surface area contributed by atoms with E-state index < -0.39 is 29.1 Å². The average molecular weight is 516 g/mol. The Morgan fingerprint density at radius 2 is 1.90 bits per heavy atom. The number of hydrogen-bond donors (Lipinski definition) is 0. The van der Waals surface area contributed by atoms with E-state index >= 15 is 0 Å². The number of nitrogens with zero attached hydrogens (tertiary/aromatic N) is 2. The van der Waals surface area contributed by atoms with Crippen LogP contribution < -0.4 is 0 Å². The highest BCUT2D eigenvalue weighted by molar-refractivity contribution is 9.10. The van der Waals surface area contributed by atoms with Gasteiger partial charge in [-0.2, -0.15) is 4.40 Å². The molecule has 1 amide bonds. The number of fused-ring (bicyclic) bond motifs is 1. The molecule has 0 aromatic heterocycles. The molecule has 166 valence electrons. The molecule has 3 rings (SSSR count). The number of amides is 1. The highest BCUT2D eigenvalue weighted by atomic mass is 79.9. The van der Waals surface area contributed by atoms with E-state index in [9.17, 15) is 13.2 Å². The first-order valence-electron chi connectivity index (χ1n) is 10.2. The van der Waals surface area contributed by atoms with Gasteiger partial charge in [0.1, 0.15) is 5.60 Å². The topological polar surface area (TPSA) is 76.0 Å². The molecule has 6 nitrogen and oxygen atoms in total. The normalized spacial score (nSPS) is 19.7. The molecule has 1 aliphatic carbocycles. The number of carbonyl (C=O) groups is 1. The van der Waals surface area contributed by atoms with Gasteiger partial charge in [-0.05, 0) is 50.9 Å². The highest BCUT2D eigenvalue weighted by Crippen LogP contribution is 2.46. The predicted octanol–water partition coefficient (Wildman–Crippen LogP) is 4.70. The van der Waals surface area contributed by atoms with Crippen molar-refractivity contribution in [2.24, 2.45) is 9.81 Å². The number of carbonyl (C=O) groups excluding carboxylic acids is 1. The van der Waals surface area contributed by atoms with Crippen LogP contribution in [0.4, 0.5) is 4.79 Å². The molecule has 0 atom stereocenters. The molecule has 1 heterocycles. The number of rotatable bonds is 4. The summed E-state index contributed by atoms with van der Waals surface area (Å²) < 4.78 is 36.5. The maximum Gasteiger partial charge on any atom is 0.410 e. The molecule has 0 saturated carbocycles. The summed E-state index contributed by atoms with van der Waals surface area (Å²) in [6, 6.07) is 6.58. The minimum Gasteiger partial charge on any atom is -0.444 e. The Bertz CT molecular complexity index is 987. The molecular weight excluding hydrogens is 484 g/mol. The second kappa shape index (κ2) is 7.74. The fourth-order valence-electron chi connectivity index (χ4n) is 3.82. The molecule has 1 saturated heterocycles. The molecule has 1 fully saturated rings. The lowest BCUT2D eigenvalue weighted by Crippen LogP contribution is -2.62. The summed E-state index contributed by atoms with van der Waals surface area (Å²) in [5, 5.41) is 0. The van der Waals surface area contributed by atoms with Crippen LogP contribution in [0.5, 0.6) is 0 Å². The summed E-state index contributed by atoms with van der Waals surface area (Å²) in [5.74, 6) is 0.0709. The van der Waals surface area contributed by atoms with Crippen LogP contribution in [0.2, 0.25) is 25.7 Å². The molecule has 1 spiro atoms. The van der Waals surface area contributed by atoms with Crippen molar-refractivity contribution in [2.75, 3.05) is 18.8 Å². The Labute approximate surface area is 189 Å². The van der Waals surface area contributed by atoms with Crippen LogP contribution in [-0.4, -0.2) is 57.6 Å². The zero-order chi connectivity index (χ0) is 22.5. The van der Waals surface area contributed by atoms with E-state index in [2.05, 4.69) is 40.0 Å². The number of likely N-dealkylation sites (tertiary alicyclic amines) is 1. The summed E-state index contributed by atoms with van der Waals surface area (Å²) in [4.78, 5) is 14.1. The van der Waals surface area contributed by atoms with Gasteiger partial charge in [0.15, 0.2) is 0 Å². The van der Waals surface area contributed by atoms with Gasteiger partial charge in [0.2, 0.25) is 0 Å². The number of ether oxygens (including phenoxy) is 1. The van der Waals surface area contributed by atoms with E-state index in [0.717, 1.165) is 15.6 Å². The molecular formula is C21H31BrN2O4SSi. The van der Waals surface area contributed by atoms with Crippen LogP contribution in [0.1, 0.15) is 31.9 Å². The van der Waals surface area contributed by atoms with Gasteiger partial charge >= 0.3 is 6.09 Å². The van der Waals surface area contributed by atoms with Crippen LogP contribution in [0.15, 0.2) is 27.1 Å². The lowest BCUT2D eigenvalue weighted by atomic mass is 9.76. The van der Waals surface area contributed by atoms with Gasteiger partial charge in [0.25, 0.3) is 10.0 Å². The third-order valence-electron chi connectivity index (χ3n) is 5.34. The summed E-state index contributed by atoms with van der Waals surface area (Å²) in [6.45, 7) is 12.8. The maximum atomic E-state index is 12.9. The average Bonchev–Trinajstić information content (AvgIpc) is 2.83. The minimum absolute atomic E-state index is 0.0709. The van der Waals surface area contributed by atoms with Crippen molar-refractivity contribution in [2.45, 2.75) is 58.5 Å².